The first-order chi connectivity index (χ1) is 20.8. The molecular weight excluding hydrogens is 568 g/mol. The predicted molar refractivity (Wildman–Crippen MR) is 165 cm³/mol. The molecule has 3 aromatic rings. The third kappa shape index (κ3) is 5.76. The van der Waals surface area contributed by atoms with Crippen molar-refractivity contribution in [2.45, 2.75) is 45.2 Å². The van der Waals surface area contributed by atoms with Crippen LogP contribution in [0.2, 0.25) is 5.02 Å². The van der Waals surface area contributed by atoms with Crippen LogP contribution in [0.1, 0.15) is 37.4 Å². The van der Waals surface area contributed by atoms with E-state index in [2.05, 4.69) is 47.1 Å². The molecule has 0 radical (unpaired) electrons. The number of anilines is 2. The number of methoxy groups -OCH3 is 1. The number of piperazine rings is 1. The van der Waals surface area contributed by atoms with Gasteiger partial charge in [-0.15, -0.1) is 0 Å². The number of halogens is 1. The molecule has 11 heteroatoms. The van der Waals surface area contributed by atoms with Crippen LogP contribution in [0.5, 0.6) is 6.01 Å². The zero-order valence-corrected chi connectivity index (χ0v) is 25.4. The molecular formula is C32H37ClN6O4. The molecule has 3 aliphatic rings. The molecule has 0 bridgehead atoms. The molecule has 1 aromatic heterocycles. The minimum absolute atomic E-state index is 0.0513. The molecule has 1 aliphatic carbocycles. The fourth-order valence-corrected chi connectivity index (χ4v) is 7.54. The summed E-state index contributed by atoms with van der Waals surface area (Å²) >= 11 is 6.69. The number of amides is 1. The highest BCUT2D eigenvalue weighted by Gasteiger charge is 2.43. The summed E-state index contributed by atoms with van der Waals surface area (Å²) in [6, 6.07) is 14.2. The van der Waals surface area contributed by atoms with Crippen molar-refractivity contribution in [3.8, 4) is 12.1 Å². The Bertz CT molecular complexity index is 1540. The molecule has 1 amide bonds. The number of hydrogen-bond donors (Lipinski definition) is 1. The van der Waals surface area contributed by atoms with Gasteiger partial charge in [0.15, 0.2) is 0 Å². The van der Waals surface area contributed by atoms with E-state index in [9.17, 15) is 15.2 Å². The van der Waals surface area contributed by atoms with Crippen molar-refractivity contribution in [3.05, 3.63) is 52.7 Å². The molecule has 2 aliphatic heterocycles. The van der Waals surface area contributed by atoms with Crippen molar-refractivity contribution in [2.24, 2.45) is 11.3 Å². The molecule has 0 spiro atoms. The monoisotopic (exact) mass is 604 g/mol. The van der Waals surface area contributed by atoms with E-state index in [-0.39, 0.29) is 11.8 Å². The number of aromatic nitrogens is 2. The van der Waals surface area contributed by atoms with E-state index >= 15 is 0 Å². The Kier molecular flexibility index (Phi) is 8.21. The van der Waals surface area contributed by atoms with Crippen LogP contribution in [0, 0.1) is 22.7 Å². The number of benzene rings is 2. The molecule has 1 N–H and O–H groups in total. The van der Waals surface area contributed by atoms with Crippen molar-refractivity contribution >= 4 is 40.0 Å². The second-order valence-electron chi connectivity index (χ2n) is 12.2. The summed E-state index contributed by atoms with van der Waals surface area (Å²) in [5, 5.41) is 22.0. The SMILES string of the molecule is COCC1(COc2nc3c(c(N4CCN(C(=O)O)[C@@H](CC#N)C4)n2)CCN(c2cccc4cccc(Cl)c24)C3)CC(C)C1. The highest BCUT2D eigenvalue weighted by molar-refractivity contribution is 6.36. The van der Waals surface area contributed by atoms with Crippen LogP contribution in [0.25, 0.3) is 10.8 Å². The number of carbonyl (C=O) groups is 1. The lowest BCUT2D eigenvalue weighted by atomic mass is 9.63. The van der Waals surface area contributed by atoms with Gasteiger partial charge in [-0.2, -0.15) is 15.2 Å². The molecule has 226 valence electrons. The smallest absolute Gasteiger partial charge is 0.407 e. The Morgan fingerprint density at radius 3 is 2.65 bits per heavy atom. The lowest BCUT2D eigenvalue weighted by molar-refractivity contribution is -0.0511. The summed E-state index contributed by atoms with van der Waals surface area (Å²) in [5.41, 5.74) is 2.93. The maximum Gasteiger partial charge on any atom is 0.407 e. The van der Waals surface area contributed by atoms with E-state index in [1.165, 1.54) is 4.90 Å². The van der Waals surface area contributed by atoms with E-state index in [0.29, 0.717) is 62.8 Å². The van der Waals surface area contributed by atoms with Gasteiger partial charge in [0.1, 0.15) is 5.82 Å². The Morgan fingerprint density at radius 1 is 1.14 bits per heavy atom. The molecule has 1 saturated heterocycles. The van der Waals surface area contributed by atoms with Gasteiger partial charge in [-0.25, -0.2) is 4.79 Å². The minimum atomic E-state index is -1.00. The first-order valence-electron chi connectivity index (χ1n) is 14.9. The first-order valence-corrected chi connectivity index (χ1v) is 15.2. The first kappa shape index (κ1) is 29.3. The molecule has 1 saturated carbocycles. The number of fused-ring (bicyclic) bond motifs is 2. The van der Waals surface area contributed by atoms with E-state index in [1.54, 1.807) is 7.11 Å². The van der Waals surface area contributed by atoms with Gasteiger partial charge < -0.3 is 29.3 Å². The number of hydrogen-bond acceptors (Lipinski definition) is 8. The van der Waals surface area contributed by atoms with Crippen molar-refractivity contribution in [1.29, 1.82) is 5.26 Å². The van der Waals surface area contributed by atoms with Gasteiger partial charge in [0.2, 0.25) is 0 Å². The Hall–Kier alpha value is -3.81. The summed E-state index contributed by atoms with van der Waals surface area (Å²) in [7, 11) is 1.72. The lowest BCUT2D eigenvalue weighted by Crippen LogP contribution is -2.55. The van der Waals surface area contributed by atoms with Crippen molar-refractivity contribution in [1.82, 2.24) is 14.9 Å². The number of rotatable bonds is 8. The largest absolute Gasteiger partial charge is 0.465 e. The minimum Gasteiger partial charge on any atom is -0.465 e. The summed E-state index contributed by atoms with van der Waals surface area (Å²) in [4.78, 5) is 27.5. The highest BCUT2D eigenvalue weighted by Crippen LogP contribution is 2.46. The van der Waals surface area contributed by atoms with E-state index in [4.69, 9.17) is 31.0 Å². The van der Waals surface area contributed by atoms with Crippen LogP contribution in [-0.2, 0) is 17.7 Å². The summed E-state index contributed by atoms with van der Waals surface area (Å²) in [6.07, 6.45) is 1.88. The van der Waals surface area contributed by atoms with Gasteiger partial charge in [-0.3, -0.25) is 0 Å². The maximum atomic E-state index is 11.9. The number of nitriles is 1. The Morgan fingerprint density at radius 2 is 1.93 bits per heavy atom. The normalized spacial score (nSPS) is 23.4. The Balaban J connectivity index is 1.34. The number of nitrogens with zero attached hydrogens (tertiary/aromatic N) is 6. The molecule has 2 fully saturated rings. The topological polar surface area (TPSA) is 115 Å². The maximum absolute atomic E-state index is 11.9. The third-order valence-corrected chi connectivity index (χ3v) is 9.39. The second kappa shape index (κ2) is 12.1. The van der Waals surface area contributed by atoms with E-state index in [1.807, 2.05) is 12.1 Å². The Labute approximate surface area is 256 Å². The number of ether oxygens (including phenoxy) is 2. The van der Waals surface area contributed by atoms with Crippen LogP contribution in [0.4, 0.5) is 16.3 Å². The summed E-state index contributed by atoms with van der Waals surface area (Å²) in [6.45, 7) is 5.80. The van der Waals surface area contributed by atoms with Gasteiger partial charge in [0.25, 0.3) is 0 Å². The van der Waals surface area contributed by atoms with Crippen molar-refractivity contribution in [3.63, 3.8) is 0 Å². The molecule has 43 heavy (non-hydrogen) atoms. The van der Waals surface area contributed by atoms with Crippen molar-refractivity contribution < 1.29 is 19.4 Å². The highest BCUT2D eigenvalue weighted by atomic mass is 35.5. The molecule has 10 nitrogen and oxygen atoms in total. The van der Waals surface area contributed by atoms with Crippen molar-refractivity contribution in [2.75, 3.05) is 56.3 Å². The van der Waals surface area contributed by atoms with Gasteiger partial charge in [-0.1, -0.05) is 42.8 Å². The second-order valence-corrected chi connectivity index (χ2v) is 12.6. The zero-order valence-electron chi connectivity index (χ0n) is 24.6. The molecule has 3 heterocycles. The van der Waals surface area contributed by atoms with Crippen LogP contribution >= 0.6 is 11.6 Å². The van der Waals surface area contributed by atoms with Crippen LogP contribution in [-0.4, -0.2) is 78.6 Å². The summed E-state index contributed by atoms with van der Waals surface area (Å²) in [5.74, 6) is 1.40. The lowest BCUT2D eigenvalue weighted by Gasteiger charge is -2.45. The molecule has 0 unspecified atom stereocenters. The quantitative estimate of drug-likeness (QED) is 0.362. The van der Waals surface area contributed by atoms with Gasteiger partial charge in [0.05, 0.1) is 49.0 Å². The van der Waals surface area contributed by atoms with Crippen LogP contribution in [0.3, 0.4) is 0 Å². The van der Waals surface area contributed by atoms with Gasteiger partial charge in [-0.05, 0) is 42.7 Å². The molecule has 2 aromatic carbocycles. The van der Waals surface area contributed by atoms with Gasteiger partial charge in [0, 0.05) is 55.3 Å². The third-order valence-electron chi connectivity index (χ3n) is 9.07. The fourth-order valence-electron chi connectivity index (χ4n) is 7.26. The van der Waals surface area contributed by atoms with Crippen LogP contribution < -0.4 is 14.5 Å². The van der Waals surface area contributed by atoms with E-state index in [0.717, 1.165) is 52.9 Å². The number of carboxylic acid groups (broad SMARTS) is 1. The average Bonchev–Trinajstić information content (AvgIpc) is 2.98. The predicted octanol–water partition coefficient (Wildman–Crippen LogP) is 5.37. The van der Waals surface area contributed by atoms with E-state index < -0.39 is 12.1 Å². The van der Waals surface area contributed by atoms with Crippen LogP contribution in [0.15, 0.2) is 36.4 Å². The molecule has 6 rings (SSSR count). The average molecular weight is 605 g/mol. The zero-order chi connectivity index (χ0) is 30.1. The van der Waals surface area contributed by atoms with Gasteiger partial charge >= 0.3 is 12.1 Å². The standard InChI is InChI=1S/C32H37ClN6O4/c1-21-15-32(16-21,19-42-2)20-43-30-35-26-18-37(27-8-4-6-22-5-3-7-25(33)28(22)27)12-10-24(26)29(36-30)38-13-14-39(31(40)41)23(17-38)9-11-34/h3-8,21,23H,9-10,12-20H2,1-2H3,(H,40,41)/t21?,23-,32?/m0/s1. The molecule has 1 atom stereocenters. The fraction of sp³-hybridized carbons (Fsp3) is 0.500. The summed E-state index contributed by atoms with van der Waals surface area (Å²) < 4.78 is 11.9.